The third kappa shape index (κ3) is 2.44. The maximum atomic E-state index is 3.57. The van der Waals surface area contributed by atoms with Crippen molar-refractivity contribution in [3.05, 3.63) is 0 Å². The predicted molar refractivity (Wildman–Crippen MR) is 55.7 cm³/mol. The molecule has 1 saturated heterocycles. The van der Waals surface area contributed by atoms with Crippen LogP contribution in [0.1, 0.15) is 26.7 Å². The molecule has 0 bridgehead atoms. The molecule has 13 heavy (non-hydrogen) atoms. The van der Waals surface area contributed by atoms with E-state index in [9.17, 15) is 0 Å². The van der Waals surface area contributed by atoms with Crippen molar-refractivity contribution in [2.24, 2.45) is 17.3 Å². The van der Waals surface area contributed by atoms with Crippen LogP contribution in [0.5, 0.6) is 0 Å². The highest BCUT2D eigenvalue weighted by molar-refractivity contribution is 4.96. The first-order valence-electron chi connectivity index (χ1n) is 5.60. The molecule has 0 radical (unpaired) electrons. The van der Waals surface area contributed by atoms with Crippen molar-refractivity contribution >= 4 is 0 Å². The fraction of sp³-hybridized carbons (Fsp3) is 1.00. The Morgan fingerprint density at radius 3 is 2.54 bits per heavy atom. The van der Waals surface area contributed by atoms with Crippen LogP contribution in [0, 0.1) is 17.3 Å². The molecule has 0 aromatic carbocycles. The summed E-state index contributed by atoms with van der Waals surface area (Å²) in [4.78, 5) is 0. The van der Waals surface area contributed by atoms with Crippen LogP contribution in [-0.2, 0) is 0 Å². The minimum absolute atomic E-state index is 0.644. The summed E-state index contributed by atoms with van der Waals surface area (Å²) in [5.41, 5.74) is 0.644. The molecule has 1 aliphatic carbocycles. The lowest BCUT2D eigenvalue weighted by Crippen LogP contribution is -2.43. The van der Waals surface area contributed by atoms with Crippen LogP contribution in [0.2, 0.25) is 0 Å². The highest BCUT2D eigenvalue weighted by Gasteiger charge is 2.44. The van der Waals surface area contributed by atoms with Crippen LogP contribution < -0.4 is 10.6 Å². The van der Waals surface area contributed by atoms with Crippen LogP contribution in [0.4, 0.5) is 0 Å². The molecule has 76 valence electrons. The van der Waals surface area contributed by atoms with Gasteiger partial charge in [-0.05, 0) is 56.3 Å². The first-order valence-corrected chi connectivity index (χ1v) is 5.60. The molecule has 1 aliphatic heterocycles. The molecule has 1 saturated carbocycles. The van der Waals surface area contributed by atoms with Crippen LogP contribution in [-0.4, -0.2) is 26.2 Å². The molecule has 0 amide bonds. The predicted octanol–water partition coefficient (Wildman–Crippen LogP) is 1.23. The first-order chi connectivity index (χ1) is 6.18. The third-order valence-electron chi connectivity index (χ3n) is 3.70. The second-order valence-corrected chi connectivity index (χ2v) is 5.41. The monoisotopic (exact) mass is 182 g/mol. The number of rotatable bonds is 5. The maximum Gasteiger partial charge on any atom is -0.000778 e. The summed E-state index contributed by atoms with van der Waals surface area (Å²) in [5.74, 6) is 1.91. The SMILES string of the molecule is CC1(C)CC1CNCCC1CNC1. The van der Waals surface area contributed by atoms with Crippen molar-refractivity contribution < 1.29 is 0 Å². The average molecular weight is 182 g/mol. The summed E-state index contributed by atoms with van der Waals surface area (Å²) in [6.07, 6.45) is 2.78. The van der Waals surface area contributed by atoms with E-state index in [-0.39, 0.29) is 0 Å². The maximum absolute atomic E-state index is 3.57. The zero-order valence-corrected chi connectivity index (χ0v) is 8.90. The van der Waals surface area contributed by atoms with Gasteiger partial charge in [0.05, 0.1) is 0 Å². The molecule has 0 spiro atoms. The van der Waals surface area contributed by atoms with Crippen molar-refractivity contribution in [3.8, 4) is 0 Å². The first kappa shape index (κ1) is 9.47. The Morgan fingerprint density at radius 1 is 1.38 bits per heavy atom. The van der Waals surface area contributed by atoms with Gasteiger partial charge in [0.2, 0.25) is 0 Å². The van der Waals surface area contributed by atoms with E-state index in [0.29, 0.717) is 5.41 Å². The highest BCUT2D eigenvalue weighted by Crippen LogP contribution is 2.50. The average Bonchev–Trinajstić information content (AvgIpc) is 2.55. The Morgan fingerprint density at radius 2 is 2.08 bits per heavy atom. The van der Waals surface area contributed by atoms with Crippen molar-refractivity contribution in [2.75, 3.05) is 26.2 Å². The molecule has 2 aliphatic rings. The number of hydrogen-bond acceptors (Lipinski definition) is 2. The minimum atomic E-state index is 0.644. The Hall–Kier alpha value is -0.0800. The van der Waals surface area contributed by atoms with E-state index < -0.39 is 0 Å². The topological polar surface area (TPSA) is 24.1 Å². The Kier molecular flexibility index (Phi) is 2.61. The summed E-state index contributed by atoms with van der Waals surface area (Å²) in [5, 5.41) is 6.88. The van der Waals surface area contributed by atoms with Crippen molar-refractivity contribution in [3.63, 3.8) is 0 Å². The lowest BCUT2D eigenvalue weighted by atomic mass is 9.99. The van der Waals surface area contributed by atoms with E-state index in [1.165, 1.54) is 39.0 Å². The Bertz CT molecular complexity index is 173. The molecule has 0 aromatic rings. The fourth-order valence-electron chi connectivity index (χ4n) is 2.06. The number of nitrogens with one attached hydrogen (secondary N) is 2. The van der Waals surface area contributed by atoms with E-state index in [0.717, 1.165) is 11.8 Å². The molecule has 0 aromatic heterocycles. The van der Waals surface area contributed by atoms with E-state index in [1.807, 2.05) is 0 Å². The molecule has 1 atom stereocenters. The van der Waals surface area contributed by atoms with Gasteiger partial charge in [0, 0.05) is 0 Å². The van der Waals surface area contributed by atoms with Gasteiger partial charge in [-0.3, -0.25) is 0 Å². The highest BCUT2D eigenvalue weighted by atomic mass is 15.0. The molecular weight excluding hydrogens is 160 g/mol. The summed E-state index contributed by atoms with van der Waals surface area (Å²) in [6, 6.07) is 0. The van der Waals surface area contributed by atoms with Gasteiger partial charge in [0.25, 0.3) is 0 Å². The lowest BCUT2D eigenvalue weighted by molar-refractivity contribution is 0.321. The van der Waals surface area contributed by atoms with Gasteiger partial charge in [0.1, 0.15) is 0 Å². The van der Waals surface area contributed by atoms with Gasteiger partial charge in [0.15, 0.2) is 0 Å². The van der Waals surface area contributed by atoms with Crippen LogP contribution in [0.3, 0.4) is 0 Å². The molecular formula is C11H22N2. The van der Waals surface area contributed by atoms with Gasteiger partial charge in [-0.2, -0.15) is 0 Å². The molecule has 2 rings (SSSR count). The second kappa shape index (κ2) is 3.58. The van der Waals surface area contributed by atoms with Gasteiger partial charge in [-0.15, -0.1) is 0 Å². The lowest BCUT2D eigenvalue weighted by Gasteiger charge is -2.27. The van der Waals surface area contributed by atoms with E-state index in [2.05, 4.69) is 24.5 Å². The standard InChI is InChI=1S/C11H22N2/c1-11(2)5-10(11)8-12-4-3-9-6-13-7-9/h9-10,12-13H,3-8H2,1-2H3. The normalized spacial score (nSPS) is 31.4. The number of hydrogen-bond donors (Lipinski definition) is 2. The van der Waals surface area contributed by atoms with Gasteiger partial charge in [-0.25, -0.2) is 0 Å². The van der Waals surface area contributed by atoms with Crippen LogP contribution in [0.25, 0.3) is 0 Å². The molecule has 2 fully saturated rings. The smallest absolute Gasteiger partial charge is 0.000778 e. The van der Waals surface area contributed by atoms with Gasteiger partial charge in [-0.1, -0.05) is 13.8 Å². The Labute approximate surface area is 81.5 Å². The largest absolute Gasteiger partial charge is 0.316 e. The molecule has 2 heteroatoms. The van der Waals surface area contributed by atoms with Crippen molar-refractivity contribution in [1.29, 1.82) is 0 Å². The van der Waals surface area contributed by atoms with Gasteiger partial charge >= 0.3 is 0 Å². The van der Waals surface area contributed by atoms with Gasteiger partial charge < -0.3 is 10.6 Å². The Balaban J connectivity index is 1.45. The van der Waals surface area contributed by atoms with Crippen molar-refractivity contribution in [2.45, 2.75) is 26.7 Å². The summed E-state index contributed by atoms with van der Waals surface area (Å²) in [6.45, 7) is 9.70. The molecule has 2 nitrogen and oxygen atoms in total. The minimum Gasteiger partial charge on any atom is -0.316 e. The zero-order chi connectivity index (χ0) is 9.31. The molecule has 1 heterocycles. The van der Waals surface area contributed by atoms with E-state index in [1.54, 1.807) is 0 Å². The quantitative estimate of drug-likeness (QED) is 0.625. The summed E-state index contributed by atoms with van der Waals surface area (Å²) >= 11 is 0. The van der Waals surface area contributed by atoms with E-state index in [4.69, 9.17) is 0 Å². The third-order valence-corrected chi connectivity index (χ3v) is 3.70. The summed E-state index contributed by atoms with van der Waals surface area (Å²) in [7, 11) is 0. The molecule has 2 N–H and O–H groups in total. The van der Waals surface area contributed by atoms with Crippen LogP contribution in [0.15, 0.2) is 0 Å². The molecule has 1 unspecified atom stereocenters. The van der Waals surface area contributed by atoms with E-state index >= 15 is 0 Å². The fourth-order valence-corrected chi connectivity index (χ4v) is 2.06. The van der Waals surface area contributed by atoms with Crippen LogP contribution >= 0.6 is 0 Å². The van der Waals surface area contributed by atoms with Crippen molar-refractivity contribution in [1.82, 2.24) is 10.6 Å². The zero-order valence-electron chi connectivity index (χ0n) is 8.90. The summed E-state index contributed by atoms with van der Waals surface area (Å²) < 4.78 is 0. The second-order valence-electron chi connectivity index (χ2n) is 5.41.